The van der Waals surface area contributed by atoms with Crippen LogP contribution < -0.4 is 34.0 Å². The number of carboxylic acid groups (broad SMARTS) is 3. The molecule has 0 unspecified atom stereocenters. The first kappa shape index (κ1) is 33.8. The van der Waals surface area contributed by atoms with Gasteiger partial charge in [-0.2, -0.15) is 0 Å². The number of hydrogen-bond acceptors (Lipinski definition) is 9. The molecular weight excluding hydrogens is 428 g/mol. The van der Waals surface area contributed by atoms with E-state index in [-0.39, 0.29) is 24.8 Å². The van der Waals surface area contributed by atoms with Crippen LogP contribution in [0.3, 0.4) is 0 Å². The van der Waals surface area contributed by atoms with Gasteiger partial charge in [-0.3, -0.25) is 24.0 Å². The van der Waals surface area contributed by atoms with Crippen LogP contribution >= 0.6 is 0 Å². The lowest BCUT2D eigenvalue weighted by molar-refractivity contribution is -0.140. The molecular formula is C18H38N6O8. The van der Waals surface area contributed by atoms with Crippen molar-refractivity contribution in [1.29, 1.82) is 0 Å². The highest BCUT2D eigenvalue weighted by atomic mass is 16.4. The number of amides is 2. The summed E-state index contributed by atoms with van der Waals surface area (Å²) in [6, 6.07) is -2.47. The maximum absolute atomic E-state index is 10.3. The minimum atomic E-state index is -0.963. The number of carbonyl (C=O) groups excluding carboxylic acids is 2. The van der Waals surface area contributed by atoms with Crippen molar-refractivity contribution in [3.63, 3.8) is 0 Å². The normalized spacial score (nSPS) is 17.0. The SMILES string of the molecule is CC(C)[C@H](N)C(=O)O.C[C@H](N)C(=O)O.NC(=O)CC[C@H](N)C(N)=O.O=C(O)[C@@H]1CCCN1. The van der Waals surface area contributed by atoms with E-state index in [0.717, 1.165) is 19.4 Å². The summed E-state index contributed by atoms with van der Waals surface area (Å²) < 4.78 is 0. The molecule has 1 fully saturated rings. The molecule has 1 aliphatic rings. The Morgan fingerprint density at radius 2 is 1.41 bits per heavy atom. The van der Waals surface area contributed by atoms with Crippen LogP contribution in [0.15, 0.2) is 0 Å². The van der Waals surface area contributed by atoms with Gasteiger partial charge in [0.25, 0.3) is 0 Å². The van der Waals surface area contributed by atoms with Crippen LogP contribution in [-0.4, -0.2) is 75.8 Å². The third kappa shape index (κ3) is 21.9. The van der Waals surface area contributed by atoms with Crippen LogP contribution in [0, 0.1) is 5.92 Å². The smallest absolute Gasteiger partial charge is 0.320 e. The Labute approximate surface area is 186 Å². The highest BCUT2D eigenvalue weighted by molar-refractivity contribution is 5.81. The van der Waals surface area contributed by atoms with Crippen molar-refractivity contribution < 1.29 is 39.3 Å². The first-order valence-electron chi connectivity index (χ1n) is 9.80. The monoisotopic (exact) mass is 466 g/mol. The summed E-state index contributed by atoms with van der Waals surface area (Å²) in [5.41, 5.74) is 24.8. The topological polar surface area (TPSA) is 288 Å². The van der Waals surface area contributed by atoms with E-state index in [1.165, 1.54) is 6.92 Å². The lowest BCUT2D eigenvalue weighted by Crippen LogP contribution is -2.37. The zero-order valence-corrected chi connectivity index (χ0v) is 18.7. The number of carboxylic acids is 3. The van der Waals surface area contributed by atoms with Gasteiger partial charge in [0.2, 0.25) is 11.8 Å². The largest absolute Gasteiger partial charge is 0.480 e. The number of nitrogens with one attached hydrogen (secondary N) is 1. The number of aliphatic carboxylic acids is 3. The molecule has 0 aromatic rings. The first-order valence-corrected chi connectivity index (χ1v) is 9.80. The van der Waals surface area contributed by atoms with Crippen LogP contribution in [0.25, 0.3) is 0 Å². The van der Waals surface area contributed by atoms with Gasteiger partial charge in [-0.15, -0.1) is 0 Å². The van der Waals surface area contributed by atoms with Gasteiger partial charge >= 0.3 is 17.9 Å². The molecule has 2 amide bonds. The number of primary amides is 2. The summed E-state index contributed by atoms with van der Waals surface area (Å²) in [6.45, 7) is 5.83. The zero-order chi connectivity index (χ0) is 26.0. The quantitative estimate of drug-likeness (QED) is 0.177. The fourth-order valence-electron chi connectivity index (χ4n) is 1.62. The Bertz CT molecular complexity index is 582. The molecule has 14 nitrogen and oxygen atoms in total. The van der Waals surface area contributed by atoms with Crippen molar-refractivity contribution >= 4 is 29.7 Å². The molecule has 1 heterocycles. The number of hydrogen-bond donors (Lipinski definition) is 9. The van der Waals surface area contributed by atoms with E-state index in [2.05, 4.69) is 5.32 Å². The van der Waals surface area contributed by atoms with Crippen molar-refractivity contribution in [3.05, 3.63) is 0 Å². The van der Waals surface area contributed by atoms with Gasteiger partial charge in [0.1, 0.15) is 18.1 Å². The van der Waals surface area contributed by atoms with Gasteiger partial charge in [0, 0.05) is 6.42 Å². The highest BCUT2D eigenvalue weighted by Gasteiger charge is 2.20. The molecule has 0 bridgehead atoms. The highest BCUT2D eigenvalue weighted by Crippen LogP contribution is 2.03. The Hall–Kier alpha value is -2.81. The summed E-state index contributed by atoms with van der Waals surface area (Å²) in [7, 11) is 0. The van der Waals surface area contributed by atoms with Crippen LogP contribution in [-0.2, 0) is 24.0 Å². The second kappa shape index (κ2) is 18.9. The van der Waals surface area contributed by atoms with E-state index in [0.29, 0.717) is 0 Å². The van der Waals surface area contributed by atoms with Crippen LogP contribution in [0.2, 0.25) is 0 Å². The molecule has 0 aromatic heterocycles. The average Bonchev–Trinajstić information content (AvgIpc) is 3.21. The molecule has 0 radical (unpaired) electrons. The standard InChI is InChI=1S/C5H11N3O2.C5H9NO2.C5H11NO2.C3H7NO2/c6-3(5(8)10)1-2-4(7)9;7-5(8)4-2-1-3-6-4;1-3(2)4(6)5(7)8;1-2(4)3(5)6/h3H,1-2,6H2,(H2,7,9)(H2,8,10);4,6H,1-3H2,(H,7,8);3-4H,6H2,1-2H3,(H,7,8);2H,4H2,1H3,(H,5,6)/t3-;2*4-;2-/m0000/s1. The van der Waals surface area contributed by atoms with E-state index in [1.807, 2.05) is 0 Å². The third-order valence-electron chi connectivity index (χ3n) is 3.82. The Morgan fingerprint density at radius 3 is 1.56 bits per heavy atom. The summed E-state index contributed by atoms with van der Waals surface area (Å²) in [4.78, 5) is 50.1. The molecule has 0 aliphatic carbocycles. The number of nitrogens with two attached hydrogens (primary N) is 5. The van der Waals surface area contributed by atoms with Gasteiger partial charge in [-0.25, -0.2) is 0 Å². The Morgan fingerprint density at radius 1 is 0.938 bits per heavy atom. The summed E-state index contributed by atoms with van der Waals surface area (Å²) in [5, 5.41) is 27.3. The van der Waals surface area contributed by atoms with E-state index in [9.17, 15) is 24.0 Å². The van der Waals surface area contributed by atoms with Crippen molar-refractivity contribution in [2.45, 2.75) is 70.6 Å². The lowest BCUT2D eigenvalue weighted by atomic mass is 10.1. The van der Waals surface area contributed by atoms with Crippen molar-refractivity contribution in [2.24, 2.45) is 34.6 Å². The second-order valence-electron chi connectivity index (χ2n) is 7.24. The fraction of sp³-hybridized carbons (Fsp3) is 0.722. The van der Waals surface area contributed by atoms with Gasteiger partial charge in [-0.05, 0) is 38.6 Å². The molecule has 0 aromatic carbocycles. The van der Waals surface area contributed by atoms with Gasteiger partial charge in [0.05, 0.1) is 6.04 Å². The van der Waals surface area contributed by atoms with Crippen molar-refractivity contribution in [2.75, 3.05) is 6.54 Å². The van der Waals surface area contributed by atoms with E-state index >= 15 is 0 Å². The van der Waals surface area contributed by atoms with Crippen LogP contribution in [0.1, 0.15) is 46.5 Å². The zero-order valence-electron chi connectivity index (χ0n) is 18.7. The maximum Gasteiger partial charge on any atom is 0.320 e. The predicted molar refractivity (Wildman–Crippen MR) is 116 cm³/mol. The predicted octanol–water partition coefficient (Wildman–Crippen LogP) is -2.64. The van der Waals surface area contributed by atoms with E-state index in [1.54, 1.807) is 13.8 Å². The molecule has 4 atom stereocenters. The first-order chi connectivity index (χ1) is 14.5. The third-order valence-corrected chi connectivity index (χ3v) is 3.82. The minimum absolute atomic E-state index is 0.0208. The van der Waals surface area contributed by atoms with Crippen LogP contribution in [0.5, 0.6) is 0 Å². The molecule has 14 heteroatoms. The van der Waals surface area contributed by atoms with Gasteiger partial charge < -0.3 is 49.3 Å². The maximum atomic E-state index is 10.3. The molecule has 14 N–H and O–H groups in total. The lowest BCUT2D eigenvalue weighted by Gasteiger charge is -2.07. The van der Waals surface area contributed by atoms with E-state index in [4.69, 9.17) is 44.0 Å². The van der Waals surface area contributed by atoms with E-state index < -0.39 is 47.8 Å². The minimum Gasteiger partial charge on any atom is -0.480 e. The Kier molecular flexibility index (Phi) is 20.0. The second-order valence-corrected chi connectivity index (χ2v) is 7.24. The average molecular weight is 467 g/mol. The molecule has 188 valence electrons. The molecule has 0 saturated carbocycles. The number of rotatable bonds is 8. The molecule has 1 aliphatic heterocycles. The fourth-order valence-corrected chi connectivity index (χ4v) is 1.62. The molecule has 0 spiro atoms. The number of carbonyl (C=O) groups is 5. The van der Waals surface area contributed by atoms with Crippen molar-refractivity contribution in [3.8, 4) is 0 Å². The summed E-state index contributed by atoms with van der Waals surface area (Å²) in [5.74, 6) is -3.68. The van der Waals surface area contributed by atoms with Crippen molar-refractivity contribution in [1.82, 2.24) is 5.32 Å². The van der Waals surface area contributed by atoms with Gasteiger partial charge in [-0.1, -0.05) is 13.8 Å². The molecule has 1 saturated heterocycles. The Balaban J connectivity index is -0.000000356. The molecule has 32 heavy (non-hydrogen) atoms. The molecule has 1 rings (SSSR count). The summed E-state index contributed by atoms with van der Waals surface area (Å²) >= 11 is 0. The summed E-state index contributed by atoms with van der Waals surface area (Å²) in [6.07, 6.45) is 2.11. The van der Waals surface area contributed by atoms with Gasteiger partial charge in [0.15, 0.2) is 0 Å². The van der Waals surface area contributed by atoms with Crippen LogP contribution in [0.4, 0.5) is 0 Å².